The van der Waals surface area contributed by atoms with Crippen LogP contribution in [-0.2, 0) is 4.74 Å². The van der Waals surface area contributed by atoms with Gasteiger partial charge >= 0.3 is 0 Å². The van der Waals surface area contributed by atoms with Crippen molar-refractivity contribution in [2.45, 2.75) is 26.9 Å². The molecule has 1 heterocycles. The second-order valence-corrected chi connectivity index (χ2v) is 5.75. The van der Waals surface area contributed by atoms with Crippen LogP contribution in [0.4, 0.5) is 0 Å². The van der Waals surface area contributed by atoms with Gasteiger partial charge in [0.15, 0.2) is 5.69 Å². The van der Waals surface area contributed by atoms with Crippen molar-refractivity contribution in [1.82, 2.24) is 15.1 Å². The smallest absolute Gasteiger partial charge is 0.271 e. The maximum atomic E-state index is 12.1. The number of amides is 1. The first-order valence-corrected chi connectivity index (χ1v) is 7.51. The van der Waals surface area contributed by atoms with Crippen molar-refractivity contribution in [3.63, 3.8) is 0 Å². The van der Waals surface area contributed by atoms with Crippen LogP contribution in [0.15, 0.2) is 24.3 Å². The summed E-state index contributed by atoms with van der Waals surface area (Å²) >= 11 is 0. The van der Waals surface area contributed by atoms with E-state index in [1.54, 1.807) is 10.7 Å². The lowest BCUT2D eigenvalue weighted by Crippen LogP contribution is -2.34. The number of aromatic nitrogens is 2. The van der Waals surface area contributed by atoms with Crippen molar-refractivity contribution in [3.8, 4) is 5.69 Å². The number of methoxy groups -OCH3 is 1. The fraction of sp³-hybridized carbons (Fsp3) is 0.412. The Hall–Kier alpha value is -2.18. The van der Waals surface area contributed by atoms with Crippen molar-refractivity contribution in [2.75, 3.05) is 20.3 Å². The van der Waals surface area contributed by atoms with E-state index in [4.69, 9.17) is 4.74 Å². The van der Waals surface area contributed by atoms with E-state index >= 15 is 0 Å². The Morgan fingerprint density at radius 2 is 1.91 bits per heavy atom. The molecule has 0 unspecified atom stereocenters. The lowest BCUT2D eigenvalue weighted by atomic mass is 10.1. The minimum Gasteiger partial charge on any atom is -0.389 e. The van der Waals surface area contributed by atoms with Crippen molar-refractivity contribution < 1.29 is 14.6 Å². The standard InChI is InChI=1S/C17H23N3O3/c1-11-5-12(2)7-14(6-11)20-13(3)8-16(19-20)17(22)18-9-15(21)10-23-4/h5-8,15,21H,9-10H2,1-4H3,(H,18,22)/t15-/m1/s1. The molecule has 0 aliphatic heterocycles. The average Bonchev–Trinajstić information content (AvgIpc) is 2.86. The molecule has 0 aliphatic rings. The van der Waals surface area contributed by atoms with Gasteiger partial charge in [-0.15, -0.1) is 0 Å². The molecule has 0 aliphatic carbocycles. The molecular formula is C17H23N3O3. The third kappa shape index (κ3) is 4.40. The van der Waals surface area contributed by atoms with Crippen LogP contribution in [0.2, 0.25) is 0 Å². The second kappa shape index (κ2) is 7.39. The molecule has 2 rings (SSSR count). The monoisotopic (exact) mass is 317 g/mol. The van der Waals surface area contributed by atoms with Crippen LogP contribution in [0.5, 0.6) is 0 Å². The minimum atomic E-state index is -0.730. The molecule has 0 saturated carbocycles. The van der Waals surface area contributed by atoms with Gasteiger partial charge in [0.1, 0.15) is 0 Å². The molecule has 1 atom stereocenters. The van der Waals surface area contributed by atoms with E-state index in [-0.39, 0.29) is 19.1 Å². The highest BCUT2D eigenvalue weighted by molar-refractivity contribution is 5.92. The summed E-state index contributed by atoms with van der Waals surface area (Å²) in [6.07, 6.45) is -0.730. The first-order valence-electron chi connectivity index (χ1n) is 7.51. The van der Waals surface area contributed by atoms with E-state index in [1.807, 2.05) is 32.9 Å². The first kappa shape index (κ1) is 17.2. The number of hydrogen-bond donors (Lipinski definition) is 2. The van der Waals surface area contributed by atoms with Crippen LogP contribution in [0.25, 0.3) is 5.69 Å². The largest absolute Gasteiger partial charge is 0.389 e. The van der Waals surface area contributed by atoms with Crippen LogP contribution in [-0.4, -0.2) is 47.2 Å². The predicted molar refractivity (Wildman–Crippen MR) is 88.0 cm³/mol. The lowest BCUT2D eigenvalue weighted by molar-refractivity contribution is 0.0608. The Kier molecular flexibility index (Phi) is 5.52. The Labute approximate surface area is 136 Å². The van der Waals surface area contributed by atoms with E-state index in [0.717, 1.165) is 22.5 Å². The summed E-state index contributed by atoms with van der Waals surface area (Å²) in [5.41, 5.74) is 4.41. The third-order valence-corrected chi connectivity index (χ3v) is 3.43. The van der Waals surface area contributed by atoms with Gasteiger partial charge < -0.3 is 15.2 Å². The summed E-state index contributed by atoms with van der Waals surface area (Å²) in [5, 5.41) is 16.6. The zero-order valence-corrected chi connectivity index (χ0v) is 14.0. The Morgan fingerprint density at radius 3 is 2.52 bits per heavy atom. The molecule has 1 amide bonds. The number of hydrogen-bond acceptors (Lipinski definition) is 4. The van der Waals surface area contributed by atoms with E-state index in [0.29, 0.717) is 5.69 Å². The summed E-state index contributed by atoms with van der Waals surface area (Å²) in [4.78, 5) is 12.1. The number of nitrogens with one attached hydrogen (secondary N) is 1. The van der Waals surface area contributed by atoms with Gasteiger partial charge in [0.2, 0.25) is 0 Å². The van der Waals surface area contributed by atoms with Gasteiger partial charge in [-0.25, -0.2) is 4.68 Å². The highest BCUT2D eigenvalue weighted by Crippen LogP contribution is 2.16. The molecule has 1 aromatic carbocycles. The molecule has 0 bridgehead atoms. The van der Waals surface area contributed by atoms with E-state index in [9.17, 15) is 9.90 Å². The van der Waals surface area contributed by atoms with Crippen LogP contribution >= 0.6 is 0 Å². The molecule has 6 heteroatoms. The van der Waals surface area contributed by atoms with E-state index in [1.165, 1.54) is 7.11 Å². The minimum absolute atomic E-state index is 0.127. The summed E-state index contributed by atoms with van der Waals surface area (Å²) in [6.45, 7) is 6.26. The maximum absolute atomic E-state index is 12.1. The molecule has 0 radical (unpaired) electrons. The summed E-state index contributed by atoms with van der Waals surface area (Å²) in [7, 11) is 1.50. The molecule has 23 heavy (non-hydrogen) atoms. The van der Waals surface area contributed by atoms with Gasteiger partial charge in [-0.2, -0.15) is 5.10 Å². The number of aliphatic hydroxyl groups is 1. The summed E-state index contributed by atoms with van der Waals surface area (Å²) in [5.74, 6) is -0.314. The molecule has 0 fully saturated rings. The van der Waals surface area contributed by atoms with Crippen LogP contribution < -0.4 is 5.32 Å². The number of rotatable bonds is 6. The van der Waals surface area contributed by atoms with Crippen molar-refractivity contribution in [2.24, 2.45) is 0 Å². The maximum Gasteiger partial charge on any atom is 0.271 e. The van der Waals surface area contributed by atoms with Gasteiger partial charge in [0.25, 0.3) is 5.91 Å². The summed E-state index contributed by atoms with van der Waals surface area (Å²) in [6, 6.07) is 7.87. The Balaban J connectivity index is 2.16. The lowest BCUT2D eigenvalue weighted by Gasteiger charge is -2.09. The first-order chi connectivity index (χ1) is 10.9. The molecule has 2 N–H and O–H groups in total. The number of nitrogens with zero attached hydrogens (tertiary/aromatic N) is 2. The molecule has 0 spiro atoms. The van der Waals surface area contributed by atoms with Crippen LogP contribution in [0.1, 0.15) is 27.3 Å². The Morgan fingerprint density at radius 1 is 1.26 bits per heavy atom. The fourth-order valence-electron chi connectivity index (χ4n) is 2.47. The quantitative estimate of drug-likeness (QED) is 0.847. The Bertz CT molecular complexity index is 674. The molecule has 6 nitrogen and oxygen atoms in total. The number of carbonyl (C=O) groups is 1. The third-order valence-electron chi connectivity index (χ3n) is 3.43. The van der Waals surface area contributed by atoms with Crippen molar-refractivity contribution in [1.29, 1.82) is 0 Å². The van der Waals surface area contributed by atoms with Crippen LogP contribution in [0, 0.1) is 20.8 Å². The van der Waals surface area contributed by atoms with Gasteiger partial charge in [-0.3, -0.25) is 4.79 Å². The van der Waals surface area contributed by atoms with E-state index < -0.39 is 6.10 Å². The molecule has 124 valence electrons. The topological polar surface area (TPSA) is 76.4 Å². The molecule has 1 aromatic heterocycles. The van der Waals surface area contributed by atoms with Crippen molar-refractivity contribution in [3.05, 3.63) is 46.8 Å². The number of carbonyl (C=O) groups excluding carboxylic acids is 1. The number of ether oxygens (including phenoxy) is 1. The molecule has 0 saturated heterocycles. The van der Waals surface area contributed by atoms with Gasteiger partial charge in [-0.1, -0.05) is 6.07 Å². The number of benzene rings is 1. The van der Waals surface area contributed by atoms with Gasteiger partial charge in [0.05, 0.1) is 18.4 Å². The van der Waals surface area contributed by atoms with E-state index in [2.05, 4.69) is 16.5 Å². The van der Waals surface area contributed by atoms with Crippen LogP contribution in [0.3, 0.4) is 0 Å². The zero-order chi connectivity index (χ0) is 17.0. The molecule has 2 aromatic rings. The SMILES string of the molecule is COC[C@H](O)CNC(=O)c1cc(C)n(-c2cc(C)cc(C)c2)n1. The highest BCUT2D eigenvalue weighted by atomic mass is 16.5. The number of aryl methyl sites for hydroxylation is 3. The normalized spacial score (nSPS) is 12.2. The highest BCUT2D eigenvalue weighted by Gasteiger charge is 2.14. The predicted octanol–water partition coefficient (Wildman–Crippen LogP) is 1.53. The van der Waals surface area contributed by atoms with Gasteiger partial charge in [0, 0.05) is 19.3 Å². The fourth-order valence-corrected chi connectivity index (χ4v) is 2.47. The second-order valence-electron chi connectivity index (χ2n) is 5.75. The zero-order valence-electron chi connectivity index (χ0n) is 14.0. The summed E-state index contributed by atoms with van der Waals surface area (Å²) < 4.78 is 6.57. The number of aliphatic hydroxyl groups excluding tert-OH is 1. The molecular weight excluding hydrogens is 294 g/mol. The van der Waals surface area contributed by atoms with Gasteiger partial charge in [-0.05, 0) is 50.1 Å². The average molecular weight is 317 g/mol. The van der Waals surface area contributed by atoms with Crippen molar-refractivity contribution >= 4 is 5.91 Å².